The van der Waals surface area contributed by atoms with E-state index < -0.39 is 0 Å². The maximum Gasteiger partial charge on any atom is 0.0729 e. The average Bonchev–Trinajstić information content (AvgIpc) is 2.87. The smallest absolute Gasteiger partial charge is 0.0729 e. The van der Waals surface area contributed by atoms with Crippen LogP contribution in [0.1, 0.15) is 26.5 Å². The van der Waals surface area contributed by atoms with E-state index >= 15 is 0 Å². The van der Waals surface area contributed by atoms with E-state index in [1.54, 1.807) is 0 Å². The molecule has 1 heterocycles. The summed E-state index contributed by atoms with van der Waals surface area (Å²) < 4.78 is 1.93. The molecule has 0 saturated heterocycles. The van der Waals surface area contributed by atoms with Crippen molar-refractivity contribution in [3.8, 4) is 5.69 Å². The predicted molar refractivity (Wildman–Crippen MR) is 81.9 cm³/mol. The topological polar surface area (TPSA) is 42.7 Å². The summed E-state index contributed by atoms with van der Waals surface area (Å²) in [6.07, 6.45) is 2.85. The fraction of sp³-hybridized carbons (Fsp3) is 0.500. The lowest BCUT2D eigenvalue weighted by Gasteiger charge is -2.14. The van der Waals surface area contributed by atoms with Crippen LogP contribution >= 0.6 is 0 Å². The Morgan fingerprint density at radius 1 is 1.10 bits per heavy atom. The first-order chi connectivity index (χ1) is 9.66. The number of nitrogens with one attached hydrogen (secondary N) is 1. The van der Waals surface area contributed by atoms with Gasteiger partial charge in [-0.1, -0.05) is 44.2 Å². The van der Waals surface area contributed by atoms with E-state index in [0.717, 1.165) is 30.9 Å². The highest BCUT2D eigenvalue weighted by atomic mass is 15.4. The standard InChI is InChI=1S/C16H24N4/c1-13(2)10-17-11-14(3)9-16-12-18-19-20(16)15-7-5-4-6-8-15/h4-8,12-14,17H,9-11H2,1-3H3. The summed E-state index contributed by atoms with van der Waals surface area (Å²) in [5, 5.41) is 11.8. The van der Waals surface area contributed by atoms with Crippen molar-refractivity contribution in [1.29, 1.82) is 0 Å². The van der Waals surface area contributed by atoms with E-state index in [1.165, 1.54) is 0 Å². The second kappa shape index (κ2) is 7.20. The summed E-state index contributed by atoms with van der Waals surface area (Å²) in [6, 6.07) is 10.2. The lowest BCUT2D eigenvalue weighted by molar-refractivity contribution is 0.467. The van der Waals surface area contributed by atoms with Crippen molar-refractivity contribution in [1.82, 2.24) is 20.3 Å². The molecule has 0 bridgehead atoms. The highest BCUT2D eigenvalue weighted by Gasteiger charge is 2.10. The van der Waals surface area contributed by atoms with Crippen LogP contribution < -0.4 is 5.32 Å². The molecular weight excluding hydrogens is 248 g/mol. The van der Waals surface area contributed by atoms with Crippen molar-refractivity contribution in [2.75, 3.05) is 13.1 Å². The molecule has 0 saturated carbocycles. The molecule has 0 aliphatic heterocycles. The van der Waals surface area contributed by atoms with E-state index in [9.17, 15) is 0 Å². The summed E-state index contributed by atoms with van der Waals surface area (Å²) in [4.78, 5) is 0. The normalized spacial score (nSPS) is 12.8. The van der Waals surface area contributed by atoms with E-state index in [-0.39, 0.29) is 0 Å². The zero-order valence-electron chi connectivity index (χ0n) is 12.6. The largest absolute Gasteiger partial charge is 0.316 e. The first kappa shape index (κ1) is 14.7. The van der Waals surface area contributed by atoms with Crippen LogP contribution in [-0.4, -0.2) is 28.1 Å². The van der Waals surface area contributed by atoms with Crippen molar-refractivity contribution >= 4 is 0 Å². The SMILES string of the molecule is CC(C)CNCC(C)Cc1cnnn1-c1ccccc1. The van der Waals surface area contributed by atoms with Gasteiger partial charge in [-0.05, 0) is 43.5 Å². The lowest BCUT2D eigenvalue weighted by Crippen LogP contribution is -2.26. The molecule has 1 aromatic carbocycles. The minimum atomic E-state index is 0.565. The van der Waals surface area contributed by atoms with Gasteiger partial charge in [0.05, 0.1) is 17.6 Å². The summed E-state index contributed by atoms with van der Waals surface area (Å²) in [6.45, 7) is 8.81. The third-order valence-corrected chi connectivity index (χ3v) is 3.22. The fourth-order valence-corrected chi connectivity index (χ4v) is 2.23. The van der Waals surface area contributed by atoms with Crippen LogP contribution in [0.2, 0.25) is 0 Å². The number of hydrogen-bond donors (Lipinski definition) is 1. The molecule has 1 aromatic heterocycles. The van der Waals surface area contributed by atoms with Crippen LogP contribution in [-0.2, 0) is 6.42 Å². The van der Waals surface area contributed by atoms with Gasteiger partial charge < -0.3 is 5.32 Å². The van der Waals surface area contributed by atoms with Gasteiger partial charge in [0, 0.05) is 0 Å². The van der Waals surface area contributed by atoms with Gasteiger partial charge in [-0.25, -0.2) is 4.68 Å². The highest BCUT2D eigenvalue weighted by molar-refractivity contribution is 5.31. The first-order valence-electron chi connectivity index (χ1n) is 7.32. The van der Waals surface area contributed by atoms with E-state index in [2.05, 4.69) is 48.5 Å². The maximum atomic E-state index is 4.19. The quantitative estimate of drug-likeness (QED) is 0.842. The van der Waals surface area contributed by atoms with Crippen LogP contribution in [0.15, 0.2) is 36.5 Å². The van der Waals surface area contributed by atoms with Gasteiger partial charge in [-0.3, -0.25) is 0 Å². The minimum Gasteiger partial charge on any atom is -0.316 e. The van der Waals surface area contributed by atoms with Crippen molar-refractivity contribution in [2.24, 2.45) is 11.8 Å². The van der Waals surface area contributed by atoms with Crippen LogP contribution in [0, 0.1) is 11.8 Å². The number of rotatable bonds is 7. The third kappa shape index (κ3) is 4.17. The molecule has 2 aromatic rings. The zero-order valence-corrected chi connectivity index (χ0v) is 12.6. The van der Waals surface area contributed by atoms with E-state index in [0.29, 0.717) is 11.8 Å². The Morgan fingerprint density at radius 3 is 2.55 bits per heavy atom. The first-order valence-corrected chi connectivity index (χ1v) is 7.32. The summed E-state index contributed by atoms with van der Waals surface area (Å²) in [5.41, 5.74) is 2.23. The van der Waals surface area contributed by atoms with E-state index in [1.807, 2.05) is 29.1 Å². The summed E-state index contributed by atoms with van der Waals surface area (Å²) in [5.74, 6) is 1.26. The second-order valence-corrected chi connectivity index (χ2v) is 5.83. The predicted octanol–water partition coefficient (Wildman–Crippen LogP) is 2.69. The molecule has 4 nitrogen and oxygen atoms in total. The lowest BCUT2D eigenvalue weighted by atomic mass is 10.1. The van der Waals surface area contributed by atoms with Crippen LogP contribution in [0.25, 0.3) is 5.69 Å². The van der Waals surface area contributed by atoms with Crippen LogP contribution in [0.4, 0.5) is 0 Å². The minimum absolute atomic E-state index is 0.565. The number of aromatic nitrogens is 3. The van der Waals surface area contributed by atoms with Gasteiger partial charge in [0.1, 0.15) is 0 Å². The molecule has 1 atom stereocenters. The summed E-state index contributed by atoms with van der Waals surface area (Å²) >= 11 is 0. The number of nitrogens with zero attached hydrogens (tertiary/aromatic N) is 3. The molecule has 4 heteroatoms. The molecule has 0 amide bonds. The van der Waals surface area contributed by atoms with Crippen molar-refractivity contribution in [2.45, 2.75) is 27.2 Å². The monoisotopic (exact) mass is 272 g/mol. The van der Waals surface area contributed by atoms with Crippen LogP contribution in [0.3, 0.4) is 0 Å². The van der Waals surface area contributed by atoms with Gasteiger partial charge in [0.15, 0.2) is 0 Å². The van der Waals surface area contributed by atoms with Crippen molar-refractivity contribution < 1.29 is 0 Å². The Kier molecular flexibility index (Phi) is 5.30. The average molecular weight is 272 g/mol. The molecule has 1 unspecified atom stereocenters. The Balaban J connectivity index is 1.95. The van der Waals surface area contributed by atoms with E-state index in [4.69, 9.17) is 0 Å². The second-order valence-electron chi connectivity index (χ2n) is 5.83. The molecule has 108 valence electrons. The molecule has 2 rings (SSSR count). The summed E-state index contributed by atoms with van der Waals surface area (Å²) in [7, 11) is 0. The third-order valence-electron chi connectivity index (χ3n) is 3.22. The molecule has 0 aliphatic rings. The zero-order chi connectivity index (χ0) is 14.4. The molecule has 0 radical (unpaired) electrons. The van der Waals surface area contributed by atoms with Gasteiger partial charge in [0.25, 0.3) is 0 Å². The molecule has 0 fully saturated rings. The van der Waals surface area contributed by atoms with Gasteiger partial charge in [-0.15, -0.1) is 5.10 Å². The van der Waals surface area contributed by atoms with Crippen molar-refractivity contribution in [3.63, 3.8) is 0 Å². The Hall–Kier alpha value is -1.68. The fourth-order valence-electron chi connectivity index (χ4n) is 2.23. The number of benzene rings is 1. The number of hydrogen-bond acceptors (Lipinski definition) is 3. The Bertz CT molecular complexity index is 504. The molecule has 1 N–H and O–H groups in total. The number of para-hydroxylation sites is 1. The Morgan fingerprint density at radius 2 is 1.85 bits per heavy atom. The van der Waals surface area contributed by atoms with Crippen LogP contribution in [0.5, 0.6) is 0 Å². The van der Waals surface area contributed by atoms with Gasteiger partial charge in [0.2, 0.25) is 0 Å². The van der Waals surface area contributed by atoms with Crippen molar-refractivity contribution in [3.05, 3.63) is 42.2 Å². The highest BCUT2D eigenvalue weighted by Crippen LogP contribution is 2.12. The van der Waals surface area contributed by atoms with Gasteiger partial charge >= 0.3 is 0 Å². The molecule has 20 heavy (non-hydrogen) atoms. The van der Waals surface area contributed by atoms with Gasteiger partial charge in [-0.2, -0.15) is 0 Å². The Labute approximate surface area is 121 Å². The molecular formula is C16H24N4. The maximum absolute atomic E-state index is 4.19. The molecule has 0 spiro atoms. The molecule has 0 aliphatic carbocycles.